The lowest BCUT2D eigenvalue weighted by molar-refractivity contribution is 0.206. The fourth-order valence-corrected chi connectivity index (χ4v) is 3.87. The molecule has 1 heterocycles. The molecule has 6 nitrogen and oxygen atoms in total. The molecular formula is C10H4BrF3N2O4S2. The van der Waals surface area contributed by atoms with Gasteiger partial charge in [0.15, 0.2) is 16.5 Å². The first-order valence-corrected chi connectivity index (χ1v) is 8.26. The molecule has 0 spiro atoms. The van der Waals surface area contributed by atoms with Crippen molar-refractivity contribution in [2.45, 2.75) is 4.90 Å². The van der Waals surface area contributed by atoms with E-state index < -0.39 is 48.8 Å². The van der Waals surface area contributed by atoms with Crippen LogP contribution in [0.25, 0.3) is 0 Å². The van der Waals surface area contributed by atoms with Gasteiger partial charge in [-0.25, -0.2) is 26.4 Å². The summed E-state index contributed by atoms with van der Waals surface area (Å²) in [4.78, 5) is 9.57. The quantitative estimate of drug-likeness (QED) is 0.612. The Labute approximate surface area is 134 Å². The number of hydrogen-bond donors (Lipinski definition) is 1. The SMILES string of the molecule is O=C(O)N(c1ccsn1)S(=O)(=O)c1c(F)cc(F)c(Br)c1F. The van der Waals surface area contributed by atoms with Gasteiger partial charge in [0.05, 0.1) is 4.47 Å². The predicted molar refractivity (Wildman–Crippen MR) is 73.8 cm³/mol. The topological polar surface area (TPSA) is 87.6 Å². The van der Waals surface area contributed by atoms with Crippen LogP contribution in [-0.4, -0.2) is 24.0 Å². The minimum Gasteiger partial charge on any atom is -0.464 e. The molecule has 118 valence electrons. The zero-order valence-corrected chi connectivity index (χ0v) is 13.3. The average molecular weight is 417 g/mol. The lowest BCUT2D eigenvalue weighted by atomic mass is 10.3. The van der Waals surface area contributed by atoms with Gasteiger partial charge in [0.2, 0.25) is 0 Å². The number of amides is 1. The van der Waals surface area contributed by atoms with Crippen molar-refractivity contribution >= 4 is 49.4 Å². The van der Waals surface area contributed by atoms with Crippen LogP contribution in [-0.2, 0) is 10.0 Å². The number of anilines is 1. The fourth-order valence-electron chi connectivity index (χ4n) is 1.51. The van der Waals surface area contributed by atoms with Crippen molar-refractivity contribution in [1.29, 1.82) is 0 Å². The molecule has 0 radical (unpaired) electrons. The molecule has 12 heteroatoms. The molecule has 1 aromatic heterocycles. The van der Waals surface area contributed by atoms with Crippen LogP contribution in [0.2, 0.25) is 0 Å². The zero-order chi connectivity index (χ0) is 16.7. The number of hydrogen-bond acceptors (Lipinski definition) is 5. The second-order valence-electron chi connectivity index (χ2n) is 3.71. The van der Waals surface area contributed by atoms with Gasteiger partial charge in [-0.3, -0.25) is 0 Å². The Morgan fingerprint density at radius 1 is 1.32 bits per heavy atom. The summed E-state index contributed by atoms with van der Waals surface area (Å²) in [5, 5.41) is 10.3. The Morgan fingerprint density at radius 2 is 1.95 bits per heavy atom. The molecule has 0 saturated heterocycles. The largest absolute Gasteiger partial charge is 0.464 e. The van der Waals surface area contributed by atoms with Crippen LogP contribution in [0.15, 0.2) is 26.9 Å². The number of aromatic nitrogens is 1. The normalized spacial score (nSPS) is 11.5. The molecule has 1 N–H and O–H groups in total. The van der Waals surface area contributed by atoms with E-state index in [1.54, 1.807) is 0 Å². The van der Waals surface area contributed by atoms with E-state index in [9.17, 15) is 26.4 Å². The Hall–Kier alpha value is -1.66. The molecule has 0 aliphatic heterocycles. The van der Waals surface area contributed by atoms with E-state index >= 15 is 0 Å². The Kier molecular flexibility index (Phi) is 4.44. The van der Waals surface area contributed by atoms with E-state index in [0.717, 1.165) is 17.6 Å². The van der Waals surface area contributed by atoms with E-state index in [4.69, 9.17) is 5.11 Å². The Balaban J connectivity index is 2.75. The second-order valence-corrected chi connectivity index (χ2v) is 6.89. The molecule has 0 saturated carbocycles. The summed E-state index contributed by atoms with van der Waals surface area (Å²) in [6.07, 6.45) is -2.02. The maximum absolute atomic E-state index is 13.9. The van der Waals surface area contributed by atoms with Gasteiger partial charge in [0.25, 0.3) is 10.0 Å². The van der Waals surface area contributed by atoms with Crippen LogP contribution in [0.3, 0.4) is 0 Å². The van der Waals surface area contributed by atoms with Crippen LogP contribution in [0.5, 0.6) is 0 Å². The standard InChI is InChI=1S/C10H4BrF3N2O4S2/c11-7-4(12)3-5(13)9(8(7)14)22(19,20)16(10(17)18)6-1-2-21-15-6/h1-3H,(H,17,18). The van der Waals surface area contributed by atoms with Gasteiger partial charge in [0, 0.05) is 11.4 Å². The van der Waals surface area contributed by atoms with Crippen molar-refractivity contribution in [2.24, 2.45) is 0 Å². The monoisotopic (exact) mass is 416 g/mol. The molecule has 0 bridgehead atoms. The maximum Gasteiger partial charge on any atom is 0.427 e. The van der Waals surface area contributed by atoms with Crippen molar-refractivity contribution in [3.8, 4) is 0 Å². The molecule has 0 aliphatic carbocycles. The predicted octanol–water partition coefficient (Wildman–Crippen LogP) is 3.20. The molecule has 0 atom stereocenters. The molecule has 0 unspecified atom stereocenters. The molecule has 2 rings (SSSR count). The Bertz CT molecular complexity index is 842. The summed E-state index contributed by atoms with van der Waals surface area (Å²) >= 11 is 3.17. The number of sulfonamides is 1. The van der Waals surface area contributed by atoms with Gasteiger partial charge < -0.3 is 5.11 Å². The summed E-state index contributed by atoms with van der Waals surface area (Å²) in [7, 11) is -5.19. The van der Waals surface area contributed by atoms with Gasteiger partial charge in [0.1, 0.15) is 11.6 Å². The van der Waals surface area contributed by atoms with E-state index in [1.807, 2.05) is 0 Å². The van der Waals surface area contributed by atoms with Gasteiger partial charge in [-0.1, -0.05) is 0 Å². The van der Waals surface area contributed by atoms with Crippen molar-refractivity contribution in [2.75, 3.05) is 4.31 Å². The highest BCUT2D eigenvalue weighted by atomic mass is 79.9. The summed E-state index contributed by atoms with van der Waals surface area (Å²) in [6, 6.07) is 1.16. The van der Waals surface area contributed by atoms with Gasteiger partial charge in [-0.05, 0) is 33.5 Å². The second kappa shape index (κ2) is 5.85. The van der Waals surface area contributed by atoms with E-state index in [-0.39, 0.29) is 10.4 Å². The van der Waals surface area contributed by atoms with Crippen molar-refractivity contribution in [3.63, 3.8) is 0 Å². The molecular weight excluding hydrogens is 413 g/mol. The van der Waals surface area contributed by atoms with Crippen LogP contribution < -0.4 is 4.31 Å². The first kappa shape index (κ1) is 16.7. The molecule has 1 aromatic carbocycles. The molecule has 0 fully saturated rings. The third kappa shape index (κ3) is 2.68. The first-order valence-electron chi connectivity index (χ1n) is 5.19. The smallest absolute Gasteiger partial charge is 0.427 e. The number of nitrogens with zero attached hydrogens (tertiary/aromatic N) is 2. The number of carboxylic acid groups (broad SMARTS) is 1. The number of carbonyl (C=O) groups is 1. The van der Waals surface area contributed by atoms with Crippen molar-refractivity contribution < 1.29 is 31.5 Å². The van der Waals surface area contributed by atoms with Crippen molar-refractivity contribution in [1.82, 2.24) is 4.37 Å². The Morgan fingerprint density at radius 3 is 2.45 bits per heavy atom. The molecule has 1 amide bonds. The van der Waals surface area contributed by atoms with Gasteiger partial charge in [-0.15, -0.1) is 4.31 Å². The highest BCUT2D eigenvalue weighted by Crippen LogP contribution is 2.32. The number of benzene rings is 1. The van der Waals surface area contributed by atoms with Crippen LogP contribution in [0.4, 0.5) is 23.8 Å². The third-order valence-electron chi connectivity index (χ3n) is 2.38. The lowest BCUT2D eigenvalue weighted by Gasteiger charge is -2.17. The highest BCUT2D eigenvalue weighted by Gasteiger charge is 2.38. The average Bonchev–Trinajstić information content (AvgIpc) is 2.88. The lowest BCUT2D eigenvalue weighted by Crippen LogP contribution is -2.37. The van der Waals surface area contributed by atoms with Crippen LogP contribution in [0, 0.1) is 17.5 Å². The minimum atomic E-state index is -5.19. The summed E-state index contributed by atoms with van der Waals surface area (Å²) in [5.74, 6) is -5.47. The summed E-state index contributed by atoms with van der Waals surface area (Å²) in [5.41, 5.74) is 0. The van der Waals surface area contributed by atoms with Crippen LogP contribution >= 0.6 is 27.5 Å². The third-order valence-corrected chi connectivity index (χ3v) is 5.37. The number of rotatable bonds is 3. The summed E-state index contributed by atoms with van der Waals surface area (Å²) < 4.78 is 67.7. The zero-order valence-electron chi connectivity index (χ0n) is 10.1. The van der Waals surface area contributed by atoms with E-state index in [0.29, 0.717) is 0 Å². The molecule has 2 aromatic rings. The van der Waals surface area contributed by atoms with E-state index in [2.05, 4.69) is 20.3 Å². The molecule has 22 heavy (non-hydrogen) atoms. The van der Waals surface area contributed by atoms with E-state index in [1.165, 1.54) is 5.38 Å². The highest BCUT2D eigenvalue weighted by molar-refractivity contribution is 9.10. The van der Waals surface area contributed by atoms with Crippen LogP contribution in [0.1, 0.15) is 0 Å². The van der Waals surface area contributed by atoms with Gasteiger partial charge in [-0.2, -0.15) is 4.37 Å². The number of halogens is 4. The van der Waals surface area contributed by atoms with Gasteiger partial charge >= 0.3 is 6.09 Å². The summed E-state index contributed by atoms with van der Waals surface area (Å²) in [6.45, 7) is 0. The maximum atomic E-state index is 13.9. The fraction of sp³-hybridized carbons (Fsp3) is 0. The van der Waals surface area contributed by atoms with Crippen molar-refractivity contribution in [3.05, 3.63) is 39.4 Å². The molecule has 0 aliphatic rings. The minimum absolute atomic E-state index is 0.126. The first-order chi connectivity index (χ1) is 10.2.